The molecule has 0 aliphatic carbocycles. The number of halogens is 2. The Morgan fingerprint density at radius 3 is 2.86 bits per heavy atom. The second-order valence-corrected chi connectivity index (χ2v) is 6.04. The summed E-state index contributed by atoms with van der Waals surface area (Å²) >= 11 is 0. The fourth-order valence-corrected chi connectivity index (χ4v) is 3.05. The van der Waals surface area contributed by atoms with E-state index in [2.05, 4.69) is 16.7 Å². The van der Waals surface area contributed by atoms with Gasteiger partial charge in [0.15, 0.2) is 0 Å². The summed E-state index contributed by atoms with van der Waals surface area (Å²) in [5, 5.41) is 11.3. The van der Waals surface area contributed by atoms with Crippen molar-refractivity contribution in [1.29, 1.82) is 0 Å². The molecule has 0 saturated carbocycles. The Hall–Kier alpha value is -3.22. The number of rotatable bonds is 6. The van der Waals surface area contributed by atoms with Gasteiger partial charge in [0.2, 0.25) is 5.82 Å². The van der Waals surface area contributed by atoms with E-state index in [0.29, 0.717) is 18.5 Å². The number of carbonyl (C=O) groups excluding carboxylic acids is 1. The number of aliphatic hydroxyl groups excluding tert-OH is 1. The van der Waals surface area contributed by atoms with Crippen LogP contribution in [-0.4, -0.2) is 28.8 Å². The molecule has 0 spiro atoms. The third kappa shape index (κ3) is 3.60. The van der Waals surface area contributed by atoms with Crippen molar-refractivity contribution in [2.75, 3.05) is 18.5 Å². The quantitative estimate of drug-likeness (QED) is 0.395. The molecule has 1 aliphatic heterocycles. The number of hydrogen-bond donors (Lipinski definition) is 3. The number of terminal acetylenes is 1. The number of aliphatic hydroxyl groups is 1. The zero-order valence-electron chi connectivity index (χ0n) is 14.7. The van der Waals surface area contributed by atoms with E-state index in [9.17, 15) is 18.4 Å². The van der Waals surface area contributed by atoms with Gasteiger partial charge in [0.1, 0.15) is 5.82 Å². The van der Waals surface area contributed by atoms with E-state index in [4.69, 9.17) is 16.4 Å². The molecule has 9 heteroatoms. The maximum Gasteiger partial charge on any atom is 0.289 e. The highest BCUT2D eigenvalue weighted by Gasteiger charge is 2.29. The Bertz CT molecular complexity index is 1030. The van der Waals surface area contributed by atoms with Gasteiger partial charge < -0.3 is 15.0 Å². The largest absolute Gasteiger partial charge is 0.394 e. The summed E-state index contributed by atoms with van der Waals surface area (Å²) in [6.45, 7) is -0.235. The first-order chi connectivity index (χ1) is 13.5. The van der Waals surface area contributed by atoms with Crippen LogP contribution in [0, 0.1) is 24.0 Å². The topological polar surface area (TPSA) is 92.6 Å². The molecular formula is C19H17F2N3O4. The molecule has 1 aliphatic rings. The van der Waals surface area contributed by atoms with Gasteiger partial charge in [-0.25, -0.2) is 9.87 Å². The summed E-state index contributed by atoms with van der Waals surface area (Å²) in [7, 11) is 0. The van der Waals surface area contributed by atoms with E-state index in [1.165, 1.54) is 16.7 Å². The number of hydrogen-bond acceptors (Lipinski definition) is 5. The molecule has 2 heterocycles. The molecule has 0 radical (unpaired) electrons. The first kappa shape index (κ1) is 19.5. The van der Waals surface area contributed by atoms with Crippen LogP contribution in [0.1, 0.15) is 28.0 Å². The van der Waals surface area contributed by atoms with E-state index in [1.54, 1.807) is 0 Å². The number of nitrogens with zero attached hydrogens (tertiary/aromatic N) is 1. The fraction of sp³-hybridized carbons (Fsp3) is 0.263. The predicted octanol–water partition coefficient (Wildman–Crippen LogP) is 1.45. The van der Waals surface area contributed by atoms with Crippen LogP contribution >= 0.6 is 0 Å². The first-order valence-corrected chi connectivity index (χ1v) is 8.49. The highest BCUT2D eigenvalue weighted by Crippen LogP contribution is 2.30. The maximum atomic E-state index is 14.8. The number of anilines is 2. The van der Waals surface area contributed by atoms with E-state index >= 15 is 0 Å². The van der Waals surface area contributed by atoms with Crippen LogP contribution < -0.4 is 16.4 Å². The number of fused-ring (bicyclic) bond motifs is 1. The second kappa shape index (κ2) is 8.21. The molecule has 0 bridgehead atoms. The average molecular weight is 389 g/mol. The van der Waals surface area contributed by atoms with E-state index in [-0.39, 0.29) is 36.6 Å². The molecule has 2 aromatic rings. The highest BCUT2D eigenvalue weighted by molar-refractivity contribution is 6.01. The van der Waals surface area contributed by atoms with E-state index in [0.717, 1.165) is 6.07 Å². The van der Waals surface area contributed by atoms with E-state index < -0.39 is 28.8 Å². The Labute approximate surface area is 158 Å². The Kier molecular flexibility index (Phi) is 5.73. The molecule has 3 rings (SSSR count). The molecular weight excluding hydrogens is 372 g/mol. The Morgan fingerprint density at radius 1 is 1.39 bits per heavy atom. The van der Waals surface area contributed by atoms with Crippen molar-refractivity contribution in [3.63, 3.8) is 0 Å². The molecule has 0 fully saturated rings. The molecule has 1 aromatic heterocycles. The molecule has 1 amide bonds. The van der Waals surface area contributed by atoms with Crippen LogP contribution in [0.3, 0.4) is 0 Å². The number of aromatic nitrogens is 1. The Morgan fingerprint density at radius 2 is 2.18 bits per heavy atom. The minimum absolute atomic E-state index is 0.148. The summed E-state index contributed by atoms with van der Waals surface area (Å²) in [5.41, 5.74) is 1.04. The third-order valence-electron chi connectivity index (χ3n) is 4.29. The lowest BCUT2D eigenvalue weighted by molar-refractivity contribution is 0.0167. The van der Waals surface area contributed by atoms with Gasteiger partial charge in [-0.2, -0.15) is 4.39 Å². The summed E-state index contributed by atoms with van der Waals surface area (Å²) in [6.07, 6.45) is 6.15. The lowest BCUT2D eigenvalue weighted by Gasteiger charge is -2.17. The normalized spacial score (nSPS) is 12.4. The SMILES string of the molecule is C#Cc1ccc(Nc2c(C(=O)NOCCO)c3n(c(=O)c2F)CCC3)c(F)c1. The number of carbonyl (C=O) groups is 1. The van der Waals surface area contributed by atoms with Gasteiger partial charge in [-0.3, -0.25) is 14.4 Å². The lowest BCUT2D eigenvalue weighted by Crippen LogP contribution is -2.32. The van der Waals surface area contributed by atoms with Crippen molar-refractivity contribution >= 4 is 17.3 Å². The van der Waals surface area contributed by atoms with Gasteiger partial charge in [0.25, 0.3) is 11.5 Å². The molecule has 28 heavy (non-hydrogen) atoms. The van der Waals surface area contributed by atoms with Gasteiger partial charge in [-0.15, -0.1) is 6.42 Å². The Balaban J connectivity index is 2.09. The summed E-state index contributed by atoms with van der Waals surface area (Å²) in [4.78, 5) is 29.7. The van der Waals surface area contributed by atoms with Crippen LogP contribution in [0.4, 0.5) is 20.2 Å². The van der Waals surface area contributed by atoms with Gasteiger partial charge in [-0.1, -0.05) is 5.92 Å². The average Bonchev–Trinajstić information content (AvgIpc) is 3.17. The fourth-order valence-electron chi connectivity index (χ4n) is 3.05. The summed E-state index contributed by atoms with van der Waals surface area (Å²) in [6, 6.07) is 3.80. The molecule has 0 atom stereocenters. The minimum Gasteiger partial charge on any atom is -0.394 e. The van der Waals surface area contributed by atoms with Crippen molar-refractivity contribution in [2.24, 2.45) is 0 Å². The smallest absolute Gasteiger partial charge is 0.289 e. The van der Waals surface area contributed by atoms with Gasteiger partial charge in [-0.05, 0) is 31.0 Å². The third-order valence-corrected chi connectivity index (χ3v) is 4.29. The van der Waals surface area contributed by atoms with Gasteiger partial charge in [0.05, 0.1) is 30.2 Å². The molecule has 1 aromatic carbocycles. The van der Waals surface area contributed by atoms with Crippen molar-refractivity contribution in [3.05, 3.63) is 57.0 Å². The second-order valence-electron chi connectivity index (χ2n) is 6.04. The predicted molar refractivity (Wildman–Crippen MR) is 97.1 cm³/mol. The highest BCUT2D eigenvalue weighted by atomic mass is 19.1. The number of pyridine rings is 1. The van der Waals surface area contributed by atoms with Crippen LogP contribution in [0.5, 0.6) is 0 Å². The van der Waals surface area contributed by atoms with Crippen LogP contribution in [0.15, 0.2) is 23.0 Å². The summed E-state index contributed by atoms with van der Waals surface area (Å²) < 4.78 is 30.3. The lowest BCUT2D eigenvalue weighted by atomic mass is 10.1. The van der Waals surface area contributed by atoms with Crippen molar-refractivity contribution < 1.29 is 23.5 Å². The van der Waals surface area contributed by atoms with Crippen LogP contribution in [-0.2, 0) is 17.8 Å². The zero-order valence-corrected chi connectivity index (χ0v) is 14.7. The molecule has 0 unspecified atom stereocenters. The number of amides is 1. The molecule has 7 nitrogen and oxygen atoms in total. The van der Waals surface area contributed by atoms with Crippen molar-refractivity contribution in [2.45, 2.75) is 19.4 Å². The molecule has 3 N–H and O–H groups in total. The van der Waals surface area contributed by atoms with Crippen LogP contribution in [0.25, 0.3) is 0 Å². The molecule has 146 valence electrons. The zero-order chi connectivity index (χ0) is 20.3. The number of benzene rings is 1. The van der Waals surface area contributed by atoms with Crippen LogP contribution in [0.2, 0.25) is 0 Å². The van der Waals surface area contributed by atoms with E-state index in [1.807, 2.05) is 0 Å². The van der Waals surface area contributed by atoms with Gasteiger partial charge >= 0.3 is 0 Å². The van der Waals surface area contributed by atoms with Gasteiger partial charge in [0, 0.05) is 17.8 Å². The first-order valence-electron chi connectivity index (χ1n) is 8.49. The number of nitrogens with one attached hydrogen (secondary N) is 2. The maximum absolute atomic E-state index is 14.8. The van der Waals surface area contributed by atoms with Crippen molar-refractivity contribution in [1.82, 2.24) is 10.0 Å². The molecule has 0 saturated heterocycles. The number of hydroxylamine groups is 1. The standard InChI is InChI=1S/C19H17F2N3O4/c1-2-11-5-6-13(12(20)10-11)22-17-15(18(26)23-28-9-8-25)14-4-3-7-24(14)19(27)16(17)21/h1,5-6,10,22,25H,3-4,7-9H2,(H,23,26). The monoisotopic (exact) mass is 389 g/mol. The summed E-state index contributed by atoms with van der Waals surface area (Å²) in [5.74, 6) is -0.518. The minimum atomic E-state index is -1.21. The van der Waals surface area contributed by atoms with Crippen molar-refractivity contribution in [3.8, 4) is 12.3 Å².